The zero-order valence-electron chi connectivity index (χ0n) is 7.84. The molecule has 1 aromatic carbocycles. The van der Waals surface area contributed by atoms with Crippen molar-refractivity contribution in [1.82, 2.24) is 4.41 Å². The summed E-state index contributed by atoms with van der Waals surface area (Å²) in [5.74, 6) is 0. The van der Waals surface area contributed by atoms with Crippen LogP contribution in [0, 0.1) is 11.8 Å². The molecule has 76 valence electrons. The smallest absolute Gasteiger partial charge is 0.200 e. The molecule has 0 saturated carbocycles. The Bertz CT molecular complexity index is 442. The normalized spacial score (nSPS) is 11.0. The van der Waals surface area contributed by atoms with Gasteiger partial charge in [-0.25, -0.2) is 0 Å². The summed E-state index contributed by atoms with van der Waals surface area (Å²) in [6.45, 7) is 1.77. The van der Waals surface area contributed by atoms with Crippen molar-refractivity contribution in [2.24, 2.45) is 5.29 Å². The first-order chi connectivity index (χ1) is 6.48. The third kappa shape index (κ3) is 1.90. The number of nitrogens with zero attached hydrogens (tertiary/aromatic N) is 2. The summed E-state index contributed by atoms with van der Waals surface area (Å²) in [7, 11) is -2.66. The first kappa shape index (κ1) is 10.6. The maximum atomic E-state index is 11.5. The van der Waals surface area contributed by atoms with Crippen LogP contribution in [0.15, 0.2) is 34.4 Å². The van der Waals surface area contributed by atoms with Gasteiger partial charge >= 0.3 is 0 Å². The molecule has 0 aliphatic carbocycles. The van der Waals surface area contributed by atoms with Gasteiger partial charge in [-0.15, -0.1) is 4.91 Å². The van der Waals surface area contributed by atoms with E-state index in [1.54, 1.807) is 19.1 Å². The van der Waals surface area contributed by atoms with Gasteiger partial charge in [0.15, 0.2) is 0 Å². The molecule has 0 aliphatic heterocycles. The van der Waals surface area contributed by atoms with Crippen molar-refractivity contribution >= 4 is 10.0 Å². The summed E-state index contributed by atoms with van der Waals surface area (Å²) in [5, 5.41) is 2.36. The van der Waals surface area contributed by atoms with E-state index in [2.05, 4.69) is 5.29 Å². The van der Waals surface area contributed by atoms with Crippen LogP contribution in [0.5, 0.6) is 0 Å². The Balaban J connectivity index is 3.23. The van der Waals surface area contributed by atoms with Crippen LogP contribution in [0.2, 0.25) is 0 Å². The molecule has 1 aromatic rings. The van der Waals surface area contributed by atoms with Crippen LogP contribution in [0.3, 0.4) is 0 Å². The Labute approximate surface area is 82.3 Å². The Morgan fingerprint density at radius 1 is 1.36 bits per heavy atom. The number of sulfonamides is 1. The van der Waals surface area contributed by atoms with E-state index in [1.807, 2.05) is 0 Å². The van der Waals surface area contributed by atoms with Gasteiger partial charge < -0.3 is 0 Å². The molecule has 0 unspecified atom stereocenters. The van der Waals surface area contributed by atoms with Gasteiger partial charge in [0.25, 0.3) is 10.0 Å². The lowest BCUT2D eigenvalue weighted by atomic mass is 10.2. The molecule has 0 N–H and O–H groups in total. The van der Waals surface area contributed by atoms with Gasteiger partial charge in [0, 0.05) is 7.05 Å². The molecular weight excluding hydrogens is 204 g/mol. The summed E-state index contributed by atoms with van der Waals surface area (Å²) in [6, 6.07) is 6.29. The number of rotatable bonds is 3. The third-order valence-corrected chi connectivity index (χ3v) is 3.36. The highest BCUT2D eigenvalue weighted by Gasteiger charge is 2.19. The zero-order chi connectivity index (χ0) is 10.8. The summed E-state index contributed by atoms with van der Waals surface area (Å²) >= 11 is 0. The van der Waals surface area contributed by atoms with E-state index in [1.165, 1.54) is 12.1 Å². The molecule has 5 nitrogen and oxygen atoms in total. The van der Waals surface area contributed by atoms with Gasteiger partial charge in [0.1, 0.15) is 0 Å². The van der Waals surface area contributed by atoms with Crippen molar-refractivity contribution in [3.05, 3.63) is 34.7 Å². The molecule has 0 fully saturated rings. The van der Waals surface area contributed by atoms with Gasteiger partial charge in [-0.05, 0) is 24.6 Å². The van der Waals surface area contributed by atoms with Crippen LogP contribution < -0.4 is 0 Å². The topological polar surface area (TPSA) is 66.8 Å². The van der Waals surface area contributed by atoms with E-state index in [0.29, 0.717) is 4.41 Å². The molecule has 0 bridgehead atoms. The molecule has 0 saturated heterocycles. The number of aryl methyl sites for hydroxylation is 1. The minimum absolute atomic E-state index is 0.0691. The Morgan fingerprint density at radius 2 is 2.00 bits per heavy atom. The van der Waals surface area contributed by atoms with Crippen molar-refractivity contribution in [2.75, 3.05) is 7.05 Å². The van der Waals surface area contributed by atoms with Crippen molar-refractivity contribution in [1.29, 1.82) is 0 Å². The Morgan fingerprint density at radius 3 is 2.50 bits per heavy atom. The highest BCUT2D eigenvalue weighted by atomic mass is 32.2. The molecule has 0 aromatic heterocycles. The SMILES string of the molecule is Cc1cccc(S(=O)(=O)N(C)N=O)c1. The highest BCUT2D eigenvalue weighted by molar-refractivity contribution is 7.89. The minimum Gasteiger partial charge on any atom is -0.200 e. The fourth-order valence-electron chi connectivity index (χ4n) is 0.972. The van der Waals surface area contributed by atoms with Crippen LogP contribution in [-0.2, 0) is 10.0 Å². The lowest BCUT2D eigenvalue weighted by Crippen LogP contribution is -2.20. The van der Waals surface area contributed by atoms with Crippen LogP contribution in [-0.4, -0.2) is 19.9 Å². The fourth-order valence-corrected chi connectivity index (χ4v) is 1.95. The van der Waals surface area contributed by atoms with Crippen molar-refractivity contribution in [2.45, 2.75) is 11.8 Å². The van der Waals surface area contributed by atoms with Crippen LogP contribution in [0.1, 0.15) is 5.56 Å². The second kappa shape index (κ2) is 3.75. The molecule has 0 radical (unpaired) electrons. The van der Waals surface area contributed by atoms with E-state index < -0.39 is 10.0 Å². The van der Waals surface area contributed by atoms with Crippen molar-refractivity contribution in [3.8, 4) is 0 Å². The van der Waals surface area contributed by atoms with E-state index >= 15 is 0 Å². The van der Waals surface area contributed by atoms with Gasteiger partial charge in [-0.2, -0.15) is 12.8 Å². The summed E-state index contributed by atoms with van der Waals surface area (Å²) in [4.78, 5) is 10.2. The predicted octanol–water partition coefficient (Wildman–Crippen LogP) is 1.30. The van der Waals surface area contributed by atoms with E-state index in [0.717, 1.165) is 12.6 Å². The largest absolute Gasteiger partial charge is 0.281 e. The number of benzene rings is 1. The maximum Gasteiger partial charge on any atom is 0.281 e. The van der Waals surface area contributed by atoms with Gasteiger partial charge in [0.05, 0.1) is 10.2 Å². The first-order valence-corrected chi connectivity index (χ1v) is 5.31. The number of hydrogen-bond donors (Lipinski definition) is 0. The van der Waals surface area contributed by atoms with Gasteiger partial charge in [-0.1, -0.05) is 12.1 Å². The second-order valence-corrected chi connectivity index (χ2v) is 4.79. The lowest BCUT2D eigenvalue weighted by molar-refractivity contribution is 0.486. The molecule has 1 rings (SSSR count). The summed E-state index contributed by atoms with van der Waals surface area (Å²) in [5.41, 5.74) is 0.811. The van der Waals surface area contributed by atoms with Crippen molar-refractivity contribution in [3.63, 3.8) is 0 Å². The van der Waals surface area contributed by atoms with Crippen molar-refractivity contribution < 1.29 is 8.42 Å². The monoisotopic (exact) mass is 214 g/mol. The molecule has 0 spiro atoms. The molecule has 0 heterocycles. The average molecular weight is 214 g/mol. The quantitative estimate of drug-likeness (QED) is 0.562. The molecule has 0 atom stereocenters. The van der Waals surface area contributed by atoms with Crippen LogP contribution in [0.25, 0.3) is 0 Å². The zero-order valence-corrected chi connectivity index (χ0v) is 8.65. The van der Waals surface area contributed by atoms with Crippen LogP contribution in [0.4, 0.5) is 0 Å². The average Bonchev–Trinajstić information content (AvgIpc) is 2.16. The molecule has 14 heavy (non-hydrogen) atoms. The maximum absolute atomic E-state index is 11.5. The Hall–Kier alpha value is -1.43. The molecule has 0 aliphatic rings. The summed E-state index contributed by atoms with van der Waals surface area (Å²) in [6.07, 6.45) is 0. The first-order valence-electron chi connectivity index (χ1n) is 3.87. The fraction of sp³-hybridized carbons (Fsp3) is 0.250. The molecular formula is C8H10N2O3S. The minimum atomic E-state index is -3.76. The lowest BCUT2D eigenvalue weighted by Gasteiger charge is -2.09. The number of nitroso groups, excluding NO2 is 1. The predicted molar refractivity (Wildman–Crippen MR) is 51.9 cm³/mol. The van der Waals surface area contributed by atoms with E-state index in [9.17, 15) is 13.3 Å². The van der Waals surface area contributed by atoms with E-state index in [4.69, 9.17) is 0 Å². The van der Waals surface area contributed by atoms with Gasteiger partial charge in [0.2, 0.25) is 0 Å². The summed E-state index contributed by atoms with van der Waals surface area (Å²) < 4.78 is 23.5. The third-order valence-electron chi connectivity index (χ3n) is 1.75. The van der Waals surface area contributed by atoms with Gasteiger partial charge in [-0.3, -0.25) is 0 Å². The Kier molecular flexibility index (Phi) is 2.85. The number of hydrogen-bond acceptors (Lipinski definition) is 4. The second-order valence-electron chi connectivity index (χ2n) is 2.84. The highest BCUT2D eigenvalue weighted by Crippen LogP contribution is 2.15. The molecule has 6 heteroatoms. The standard InChI is InChI=1S/C8H10N2O3S/c1-7-4-3-5-8(6-7)14(12,13)10(2)9-11/h3-6H,1-2H3. The molecule has 0 amide bonds. The van der Waals surface area contributed by atoms with E-state index in [-0.39, 0.29) is 4.90 Å². The van der Waals surface area contributed by atoms with Crippen LogP contribution >= 0.6 is 0 Å².